The van der Waals surface area contributed by atoms with Crippen molar-refractivity contribution in [1.82, 2.24) is 4.31 Å². The lowest BCUT2D eigenvalue weighted by molar-refractivity contribution is 0.0697. The molecule has 0 amide bonds. The third-order valence-corrected chi connectivity index (χ3v) is 5.41. The van der Waals surface area contributed by atoms with Crippen LogP contribution >= 0.6 is 12.1 Å². The maximum absolute atomic E-state index is 11.1. The number of allylic oxidation sites excluding steroid dienone is 5. The molecule has 1 unspecified atom stereocenters. The number of carboxylic acids is 1. The van der Waals surface area contributed by atoms with Gasteiger partial charge in [-0.05, 0) is 42.2 Å². The lowest BCUT2D eigenvalue weighted by Crippen LogP contribution is -2.11. The minimum Gasteiger partial charge on any atom is -0.478 e. The topological polar surface area (TPSA) is 43.8 Å². The molecule has 0 saturated carbocycles. The maximum atomic E-state index is 11.1. The quantitative estimate of drug-likeness (QED) is 0.824. The number of carboxylic acid groups (broad SMARTS) is 1. The average molecular weight is 342 g/mol. The number of nitrogens with zero attached hydrogens (tertiary/aromatic N) is 2. The van der Waals surface area contributed by atoms with E-state index in [1.807, 2.05) is 6.07 Å². The van der Waals surface area contributed by atoms with E-state index in [0.717, 1.165) is 18.8 Å². The van der Waals surface area contributed by atoms with Crippen LogP contribution in [0.2, 0.25) is 0 Å². The highest BCUT2D eigenvalue weighted by Gasteiger charge is 2.24. The van der Waals surface area contributed by atoms with Crippen molar-refractivity contribution in [2.24, 2.45) is 11.8 Å². The van der Waals surface area contributed by atoms with E-state index >= 15 is 0 Å². The number of hydrogen-bond donors (Lipinski definition) is 1. The zero-order chi connectivity index (χ0) is 17.1. The number of aromatic carboxylic acids is 1. The zero-order valence-electron chi connectivity index (χ0n) is 13.9. The SMILES string of the molecule is CC(C)C1C=CC=C(N2CCN(c3cccc(C(=O)O)c3)S2)C=C1. The van der Waals surface area contributed by atoms with Crippen LogP contribution < -0.4 is 4.31 Å². The van der Waals surface area contributed by atoms with Gasteiger partial charge in [0.2, 0.25) is 0 Å². The molecule has 1 aromatic rings. The van der Waals surface area contributed by atoms with Gasteiger partial charge in [-0.15, -0.1) is 0 Å². The van der Waals surface area contributed by atoms with E-state index in [1.54, 1.807) is 30.3 Å². The fourth-order valence-corrected chi connectivity index (χ4v) is 3.74. The van der Waals surface area contributed by atoms with E-state index in [1.165, 1.54) is 5.70 Å². The Balaban J connectivity index is 1.71. The highest BCUT2D eigenvalue weighted by Crippen LogP contribution is 2.34. The van der Waals surface area contributed by atoms with Gasteiger partial charge in [-0.2, -0.15) is 0 Å². The average Bonchev–Trinajstić information content (AvgIpc) is 2.92. The smallest absolute Gasteiger partial charge is 0.335 e. The molecule has 1 heterocycles. The van der Waals surface area contributed by atoms with Crippen molar-refractivity contribution < 1.29 is 9.90 Å². The second kappa shape index (κ2) is 7.18. The molecule has 1 aromatic carbocycles. The minimum atomic E-state index is -0.892. The summed E-state index contributed by atoms with van der Waals surface area (Å²) in [5, 5.41) is 9.15. The van der Waals surface area contributed by atoms with Crippen molar-refractivity contribution in [2.45, 2.75) is 13.8 Å². The number of hydrogen-bond acceptors (Lipinski definition) is 4. The van der Waals surface area contributed by atoms with Gasteiger partial charge in [0.05, 0.1) is 17.7 Å². The molecule has 0 aromatic heterocycles. The number of benzene rings is 1. The molecule has 3 rings (SSSR count). The first-order valence-corrected chi connectivity index (χ1v) is 8.91. The molecular weight excluding hydrogens is 320 g/mol. The lowest BCUT2D eigenvalue weighted by Gasteiger charge is -2.20. The molecule has 1 N–H and O–H groups in total. The van der Waals surface area contributed by atoms with Gasteiger partial charge in [0.15, 0.2) is 0 Å². The van der Waals surface area contributed by atoms with Crippen molar-refractivity contribution in [3.63, 3.8) is 0 Å². The van der Waals surface area contributed by atoms with Crippen LogP contribution in [0.5, 0.6) is 0 Å². The van der Waals surface area contributed by atoms with Crippen molar-refractivity contribution in [3.8, 4) is 0 Å². The summed E-state index contributed by atoms with van der Waals surface area (Å²) in [6.45, 7) is 6.22. The minimum absolute atomic E-state index is 0.322. The summed E-state index contributed by atoms with van der Waals surface area (Å²) in [6.07, 6.45) is 11.0. The van der Waals surface area contributed by atoms with Crippen LogP contribution in [0.4, 0.5) is 5.69 Å². The Morgan fingerprint density at radius 1 is 1.25 bits per heavy atom. The normalized spacial score (nSPS) is 20.5. The van der Waals surface area contributed by atoms with Gasteiger partial charge in [-0.1, -0.05) is 38.1 Å². The highest BCUT2D eigenvalue weighted by atomic mass is 32.2. The summed E-state index contributed by atoms with van der Waals surface area (Å²) in [5.74, 6) is 0.165. The molecule has 1 atom stereocenters. The molecule has 1 fully saturated rings. The van der Waals surface area contributed by atoms with Crippen LogP contribution in [0.1, 0.15) is 24.2 Å². The summed E-state index contributed by atoms with van der Waals surface area (Å²) in [7, 11) is 0. The van der Waals surface area contributed by atoms with Gasteiger partial charge >= 0.3 is 5.97 Å². The molecule has 0 spiro atoms. The lowest BCUT2D eigenvalue weighted by atomic mass is 9.95. The molecule has 2 aliphatic rings. The van der Waals surface area contributed by atoms with Crippen LogP contribution in [-0.4, -0.2) is 28.5 Å². The largest absolute Gasteiger partial charge is 0.478 e. The van der Waals surface area contributed by atoms with Crippen LogP contribution in [0.25, 0.3) is 0 Å². The number of carbonyl (C=O) groups is 1. The summed E-state index contributed by atoms with van der Waals surface area (Å²) < 4.78 is 4.38. The Bertz CT molecular complexity index is 709. The fraction of sp³-hybridized carbons (Fsp3) is 0.316. The highest BCUT2D eigenvalue weighted by molar-refractivity contribution is 7.98. The summed E-state index contributed by atoms with van der Waals surface area (Å²) in [4.78, 5) is 11.1. The molecule has 24 heavy (non-hydrogen) atoms. The third kappa shape index (κ3) is 3.67. The Kier molecular flexibility index (Phi) is 5.00. The van der Waals surface area contributed by atoms with Crippen LogP contribution in [-0.2, 0) is 0 Å². The zero-order valence-corrected chi connectivity index (χ0v) is 14.7. The van der Waals surface area contributed by atoms with Crippen molar-refractivity contribution in [3.05, 3.63) is 65.9 Å². The van der Waals surface area contributed by atoms with Gasteiger partial charge in [0, 0.05) is 24.5 Å². The molecule has 126 valence electrons. The third-order valence-electron chi connectivity index (χ3n) is 4.23. The molecular formula is C19H22N2O2S. The molecule has 5 heteroatoms. The molecule has 4 nitrogen and oxygen atoms in total. The first-order chi connectivity index (χ1) is 11.5. The van der Waals surface area contributed by atoms with E-state index in [9.17, 15) is 4.79 Å². The predicted octanol–water partition coefficient (Wildman–Crippen LogP) is 4.35. The van der Waals surface area contributed by atoms with Crippen LogP contribution in [0.15, 0.2) is 60.3 Å². The van der Waals surface area contributed by atoms with E-state index in [2.05, 4.69) is 52.8 Å². The van der Waals surface area contributed by atoms with Gasteiger partial charge in [0.25, 0.3) is 0 Å². The van der Waals surface area contributed by atoms with Gasteiger partial charge in [0.1, 0.15) is 0 Å². The summed E-state index contributed by atoms with van der Waals surface area (Å²) in [6, 6.07) is 7.10. The molecule has 1 aliphatic carbocycles. The Morgan fingerprint density at radius 3 is 2.79 bits per heavy atom. The van der Waals surface area contributed by atoms with Crippen molar-refractivity contribution >= 4 is 23.8 Å². The molecule has 1 saturated heterocycles. The molecule has 0 radical (unpaired) electrons. The summed E-state index contributed by atoms with van der Waals surface area (Å²) >= 11 is 1.63. The van der Waals surface area contributed by atoms with Gasteiger partial charge in [-0.25, -0.2) is 4.79 Å². The van der Waals surface area contributed by atoms with E-state index in [-0.39, 0.29) is 0 Å². The number of anilines is 1. The second-order valence-electron chi connectivity index (χ2n) is 6.30. The predicted molar refractivity (Wildman–Crippen MR) is 99.7 cm³/mol. The van der Waals surface area contributed by atoms with Gasteiger partial charge < -0.3 is 5.11 Å². The first-order valence-electron chi connectivity index (χ1n) is 8.18. The maximum Gasteiger partial charge on any atom is 0.335 e. The molecule has 1 aliphatic heterocycles. The van der Waals surface area contributed by atoms with Gasteiger partial charge in [-0.3, -0.25) is 8.61 Å². The first kappa shape index (κ1) is 16.7. The Labute approximate surface area is 147 Å². The summed E-state index contributed by atoms with van der Waals surface area (Å²) in [5.41, 5.74) is 2.43. The monoisotopic (exact) mass is 342 g/mol. The second-order valence-corrected chi connectivity index (χ2v) is 7.34. The fourth-order valence-electron chi connectivity index (χ4n) is 2.75. The van der Waals surface area contributed by atoms with Crippen LogP contribution in [0.3, 0.4) is 0 Å². The van der Waals surface area contributed by atoms with E-state index < -0.39 is 5.97 Å². The molecule has 0 bridgehead atoms. The Morgan fingerprint density at radius 2 is 2.04 bits per heavy atom. The standard InChI is InChI=1S/C19H22N2O2S/c1-14(2)15-5-3-7-17(10-9-15)20-11-12-21(24-20)18-8-4-6-16(13-18)19(22)23/h3-10,13-15H,11-12H2,1-2H3,(H,22,23). The van der Waals surface area contributed by atoms with E-state index in [0.29, 0.717) is 17.4 Å². The number of rotatable bonds is 4. The van der Waals surface area contributed by atoms with Crippen molar-refractivity contribution in [2.75, 3.05) is 17.4 Å². The van der Waals surface area contributed by atoms with Crippen LogP contribution in [0, 0.1) is 11.8 Å². The Hall–Kier alpha value is -2.14. The van der Waals surface area contributed by atoms with E-state index in [4.69, 9.17) is 5.11 Å². The van der Waals surface area contributed by atoms with Crippen molar-refractivity contribution in [1.29, 1.82) is 0 Å².